The van der Waals surface area contributed by atoms with Crippen LogP contribution < -0.4 is 10.6 Å². The minimum absolute atomic E-state index is 0.0771. The molecule has 2 N–H and O–H groups in total. The molecule has 0 fully saturated rings. The molecule has 0 atom stereocenters. The molecule has 1 aromatic heterocycles. The van der Waals surface area contributed by atoms with Gasteiger partial charge >= 0.3 is 6.18 Å². The molecular weight excluding hydrogens is 387 g/mol. The summed E-state index contributed by atoms with van der Waals surface area (Å²) in [5.74, 6) is -0.209. The van der Waals surface area contributed by atoms with E-state index in [1.165, 1.54) is 23.5 Å². The van der Waals surface area contributed by atoms with Crippen LogP contribution in [0.15, 0.2) is 47.8 Å². The summed E-state index contributed by atoms with van der Waals surface area (Å²) in [5.41, 5.74) is 3.03. The van der Waals surface area contributed by atoms with Gasteiger partial charge in [-0.05, 0) is 55.3 Å². The number of carbonyl (C=O) groups is 1. The third-order valence-electron chi connectivity index (χ3n) is 4.13. The minimum Gasteiger partial charge on any atom is -0.332 e. The van der Waals surface area contributed by atoms with Gasteiger partial charge in [0.05, 0.1) is 17.7 Å². The van der Waals surface area contributed by atoms with Gasteiger partial charge in [-0.15, -0.1) is 11.3 Å². The predicted molar refractivity (Wildman–Crippen MR) is 105 cm³/mol. The lowest BCUT2D eigenvalue weighted by molar-refractivity contribution is -0.137. The van der Waals surface area contributed by atoms with Crippen LogP contribution in [0.25, 0.3) is 0 Å². The molecule has 2 aromatic carbocycles. The van der Waals surface area contributed by atoms with Crippen LogP contribution in [0.1, 0.15) is 22.4 Å². The Labute approximate surface area is 164 Å². The number of benzene rings is 2. The molecule has 0 bridgehead atoms. The number of hydrogen-bond acceptors (Lipinski definition) is 4. The molecule has 3 rings (SSSR count). The highest BCUT2D eigenvalue weighted by Crippen LogP contribution is 2.31. The second-order valence-electron chi connectivity index (χ2n) is 6.37. The molecule has 0 saturated heterocycles. The SMILES string of the molecule is Cc1ccc(NC(=O)Cc2csc(Nc3cccc(C(F)(F)F)c3)n2)cc1C. The molecule has 0 aliphatic heterocycles. The zero-order valence-corrected chi connectivity index (χ0v) is 16.0. The number of hydrogen-bond donors (Lipinski definition) is 2. The first-order chi connectivity index (χ1) is 13.2. The van der Waals surface area contributed by atoms with Gasteiger partial charge in [-0.3, -0.25) is 4.79 Å². The fourth-order valence-electron chi connectivity index (χ4n) is 2.53. The topological polar surface area (TPSA) is 54.0 Å². The molecule has 1 heterocycles. The van der Waals surface area contributed by atoms with Crippen molar-refractivity contribution in [3.63, 3.8) is 0 Å². The predicted octanol–water partition coefficient (Wildman–Crippen LogP) is 5.70. The van der Waals surface area contributed by atoms with E-state index in [1.54, 1.807) is 5.38 Å². The van der Waals surface area contributed by atoms with Crippen LogP contribution in [0, 0.1) is 13.8 Å². The number of nitrogens with one attached hydrogen (secondary N) is 2. The number of halogens is 3. The number of aromatic nitrogens is 1. The summed E-state index contributed by atoms with van der Waals surface area (Å²) < 4.78 is 38.4. The van der Waals surface area contributed by atoms with E-state index >= 15 is 0 Å². The van der Waals surface area contributed by atoms with E-state index in [0.717, 1.165) is 23.3 Å². The van der Waals surface area contributed by atoms with Gasteiger partial charge in [-0.1, -0.05) is 12.1 Å². The first kappa shape index (κ1) is 19.9. The third-order valence-corrected chi connectivity index (χ3v) is 4.93. The Morgan fingerprint density at radius 1 is 1.07 bits per heavy atom. The normalized spacial score (nSPS) is 11.3. The average molecular weight is 405 g/mol. The highest BCUT2D eigenvalue weighted by Gasteiger charge is 2.30. The van der Waals surface area contributed by atoms with Crippen molar-refractivity contribution in [2.24, 2.45) is 0 Å². The van der Waals surface area contributed by atoms with Crippen LogP contribution in [0.4, 0.5) is 29.7 Å². The Morgan fingerprint density at radius 3 is 2.57 bits per heavy atom. The first-order valence-corrected chi connectivity index (χ1v) is 9.34. The van der Waals surface area contributed by atoms with E-state index in [0.29, 0.717) is 16.5 Å². The molecule has 8 heteroatoms. The lowest BCUT2D eigenvalue weighted by atomic mass is 10.1. The number of aryl methyl sites for hydroxylation is 2. The van der Waals surface area contributed by atoms with Crippen molar-refractivity contribution in [3.05, 3.63) is 70.2 Å². The fraction of sp³-hybridized carbons (Fsp3) is 0.200. The van der Waals surface area contributed by atoms with Gasteiger partial charge in [0, 0.05) is 16.8 Å². The monoisotopic (exact) mass is 405 g/mol. The van der Waals surface area contributed by atoms with Crippen LogP contribution >= 0.6 is 11.3 Å². The zero-order valence-electron chi connectivity index (χ0n) is 15.2. The number of anilines is 3. The van der Waals surface area contributed by atoms with Crippen molar-refractivity contribution < 1.29 is 18.0 Å². The number of alkyl halides is 3. The van der Waals surface area contributed by atoms with Gasteiger partial charge in [-0.25, -0.2) is 4.98 Å². The quantitative estimate of drug-likeness (QED) is 0.572. The largest absolute Gasteiger partial charge is 0.416 e. The van der Waals surface area contributed by atoms with Crippen LogP contribution in [0.5, 0.6) is 0 Å². The summed E-state index contributed by atoms with van der Waals surface area (Å²) >= 11 is 1.23. The summed E-state index contributed by atoms with van der Waals surface area (Å²) in [5, 5.41) is 7.80. The molecule has 0 saturated carbocycles. The van der Waals surface area contributed by atoms with E-state index in [1.807, 2.05) is 32.0 Å². The lowest BCUT2D eigenvalue weighted by Crippen LogP contribution is -2.14. The molecule has 1 amide bonds. The summed E-state index contributed by atoms with van der Waals surface area (Å²) in [6, 6.07) is 10.6. The number of nitrogens with zero attached hydrogens (tertiary/aromatic N) is 1. The molecule has 0 unspecified atom stereocenters. The molecule has 0 radical (unpaired) electrons. The van der Waals surface area contributed by atoms with Crippen LogP contribution in [-0.4, -0.2) is 10.9 Å². The highest BCUT2D eigenvalue weighted by atomic mass is 32.1. The molecule has 146 valence electrons. The smallest absolute Gasteiger partial charge is 0.332 e. The standard InChI is InChI=1S/C20H18F3N3OS/c1-12-6-7-16(8-13(12)2)24-18(27)10-17-11-28-19(26-17)25-15-5-3-4-14(9-15)20(21,22)23/h3-9,11H,10H2,1-2H3,(H,24,27)(H,25,26). The Kier molecular flexibility index (Phi) is 5.69. The number of carbonyl (C=O) groups excluding carboxylic acids is 1. The van der Waals surface area contributed by atoms with Gasteiger partial charge in [0.1, 0.15) is 0 Å². The van der Waals surface area contributed by atoms with Gasteiger partial charge in [-0.2, -0.15) is 13.2 Å². The summed E-state index contributed by atoms with van der Waals surface area (Å²) in [7, 11) is 0. The Bertz CT molecular complexity index is 998. The Hall–Kier alpha value is -2.87. The first-order valence-electron chi connectivity index (χ1n) is 8.46. The molecule has 3 aromatic rings. The third kappa shape index (κ3) is 5.10. The molecule has 0 aliphatic carbocycles. The molecule has 0 aliphatic rings. The van der Waals surface area contributed by atoms with E-state index in [9.17, 15) is 18.0 Å². The fourth-order valence-corrected chi connectivity index (χ4v) is 3.26. The maximum atomic E-state index is 12.8. The van der Waals surface area contributed by atoms with Crippen molar-refractivity contribution in [2.75, 3.05) is 10.6 Å². The van der Waals surface area contributed by atoms with Gasteiger partial charge in [0.2, 0.25) is 5.91 Å². The molecule has 4 nitrogen and oxygen atoms in total. The van der Waals surface area contributed by atoms with Crippen molar-refractivity contribution in [1.82, 2.24) is 4.98 Å². The lowest BCUT2D eigenvalue weighted by Gasteiger charge is -2.09. The molecular formula is C20H18F3N3OS. The Morgan fingerprint density at radius 2 is 1.86 bits per heavy atom. The van der Waals surface area contributed by atoms with Gasteiger partial charge in [0.25, 0.3) is 0 Å². The number of thiazole rings is 1. The maximum absolute atomic E-state index is 12.8. The van der Waals surface area contributed by atoms with E-state index in [-0.39, 0.29) is 18.0 Å². The van der Waals surface area contributed by atoms with E-state index in [4.69, 9.17) is 0 Å². The van der Waals surface area contributed by atoms with Crippen molar-refractivity contribution in [2.45, 2.75) is 26.4 Å². The number of amides is 1. The van der Waals surface area contributed by atoms with E-state index < -0.39 is 11.7 Å². The average Bonchev–Trinajstić information content (AvgIpc) is 3.04. The Balaban J connectivity index is 1.62. The number of rotatable bonds is 5. The molecule has 28 heavy (non-hydrogen) atoms. The van der Waals surface area contributed by atoms with E-state index in [2.05, 4.69) is 15.6 Å². The highest BCUT2D eigenvalue weighted by molar-refractivity contribution is 7.13. The summed E-state index contributed by atoms with van der Waals surface area (Å²) in [6.45, 7) is 3.96. The van der Waals surface area contributed by atoms with Gasteiger partial charge in [0.15, 0.2) is 5.13 Å². The van der Waals surface area contributed by atoms with Crippen LogP contribution in [0.2, 0.25) is 0 Å². The van der Waals surface area contributed by atoms with Crippen molar-refractivity contribution >= 4 is 33.8 Å². The van der Waals surface area contributed by atoms with Crippen molar-refractivity contribution in [3.8, 4) is 0 Å². The van der Waals surface area contributed by atoms with Crippen molar-refractivity contribution in [1.29, 1.82) is 0 Å². The summed E-state index contributed by atoms with van der Waals surface area (Å²) in [6.07, 6.45) is -4.33. The zero-order chi connectivity index (χ0) is 20.3. The summed E-state index contributed by atoms with van der Waals surface area (Å²) in [4.78, 5) is 16.5. The second kappa shape index (κ2) is 8.02. The molecule has 0 spiro atoms. The van der Waals surface area contributed by atoms with Gasteiger partial charge < -0.3 is 10.6 Å². The minimum atomic E-state index is -4.40. The maximum Gasteiger partial charge on any atom is 0.416 e. The second-order valence-corrected chi connectivity index (χ2v) is 7.23. The van der Waals surface area contributed by atoms with Crippen LogP contribution in [0.3, 0.4) is 0 Å². The van der Waals surface area contributed by atoms with Crippen LogP contribution in [-0.2, 0) is 17.4 Å².